The molecule has 2 rings (SSSR count). The molecular weight excluding hydrogens is 272 g/mol. The topological polar surface area (TPSA) is 21.3 Å². The van der Waals surface area contributed by atoms with Crippen LogP contribution in [0.15, 0.2) is 18.2 Å². The first kappa shape index (κ1) is 16.4. The van der Waals surface area contributed by atoms with Crippen LogP contribution in [-0.2, 0) is 11.2 Å². The molecule has 1 fully saturated rings. The SMILES string of the molecule is COCCNCC(Cc1cc(F)ccc1F)C1CCCC1. The molecule has 0 aliphatic heterocycles. The summed E-state index contributed by atoms with van der Waals surface area (Å²) in [5.74, 6) is 0.323. The third-order valence-electron chi connectivity index (χ3n) is 4.45. The molecule has 1 saturated carbocycles. The fourth-order valence-corrected chi connectivity index (χ4v) is 3.28. The van der Waals surface area contributed by atoms with Crippen LogP contribution in [0.3, 0.4) is 0 Å². The third-order valence-corrected chi connectivity index (χ3v) is 4.45. The first-order valence-electron chi connectivity index (χ1n) is 7.84. The molecule has 0 bridgehead atoms. The molecule has 0 heterocycles. The van der Waals surface area contributed by atoms with Crippen LogP contribution in [0.2, 0.25) is 0 Å². The van der Waals surface area contributed by atoms with E-state index >= 15 is 0 Å². The van der Waals surface area contributed by atoms with Gasteiger partial charge in [-0.3, -0.25) is 0 Å². The minimum Gasteiger partial charge on any atom is -0.383 e. The summed E-state index contributed by atoms with van der Waals surface area (Å²) < 4.78 is 32.2. The lowest BCUT2D eigenvalue weighted by Crippen LogP contribution is -2.31. The molecule has 1 N–H and O–H groups in total. The van der Waals surface area contributed by atoms with Gasteiger partial charge in [0.25, 0.3) is 0 Å². The Bertz CT molecular complexity index is 433. The average Bonchev–Trinajstić information content (AvgIpc) is 3.00. The summed E-state index contributed by atoms with van der Waals surface area (Å²) >= 11 is 0. The minimum absolute atomic E-state index is 0.295. The highest BCUT2D eigenvalue weighted by molar-refractivity contribution is 5.19. The highest BCUT2D eigenvalue weighted by atomic mass is 19.1. The maximum Gasteiger partial charge on any atom is 0.126 e. The van der Waals surface area contributed by atoms with Crippen molar-refractivity contribution in [3.05, 3.63) is 35.4 Å². The summed E-state index contributed by atoms with van der Waals surface area (Å²) in [6.07, 6.45) is 5.52. The third kappa shape index (κ3) is 5.04. The van der Waals surface area contributed by atoms with Crippen LogP contribution in [0.25, 0.3) is 0 Å². The Labute approximate surface area is 125 Å². The molecule has 0 amide bonds. The fraction of sp³-hybridized carbons (Fsp3) is 0.647. The van der Waals surface area contributed by atoms with Gasteiger partial charge >= 0.3 is 0 Å². The Balaban J connectivity index is 1.98. The van der Waals surface area contributed by atoms with Gasteiger partial charge in [-0.1, -0.05) is 25.7 Å². The van der Waals surface area contributed by atoms with Crippen molar-refractivity contribution in [2.24, 2.45) is 11.8 Å². The standard InChI is InChI=1S/C17H25F2NO/c1-21-9-8-20-12-15(13-4-2-3-5-13)10-14-11-16(18)6-7-17(14)19/h6-7,11,13,15,20H,2-5,8-10,12H2,1H3. The molecule has 1 aromatic carbocycles. The molecule has 4 heteroatoms. The maximum absolute atomic E-state index is 13.9. The second-order valence-electron chi connectivity index (χ2n) is 5.94. The second kappa shape index (κ2) is 8.44. The van der Waals surface area contributed by atoms with Gasteiger partial charge in [0.05, 0.1) is 6.61 Å². The number of ether oxygens (including phenoxy) is 1. The van der Waals surface area contributed by atoms with Gasteiger partial charge in [0, 0.05) is 13.7 Å². The second-order valence-corrected chi connectivity index (χ2v) is 5.94. The molecule has 21 heavy (non-hydrogen) atoms. The number of benzene rings is 1. The van der Waals surface area contributed by atoms with Crippen molar-refractivity contribution in [1.29, 1.82) is 0 Å². The van der Waals surface area contributed by atoms with Crippen LogP contribution in [0.1, 0.15) is 31.2 Å². The van der Waals surface area contributed by atoms with Gasteiger partial charge in [0.2, 0.25) is 0 Å². The number of halogens is 2. The Morgan fingerprint density at radius 1 is 1.29 bits per heavy atom. The van der Waals surface area contributed by atoms with E-state index in [0.717, 1.165) is 13.1 Å². The summed E-state index contributed by atoms with van der Waals surface area (Å²) in [5, 5.41) is 3.38. The van der Waals surface area contributed by atoms with E-state index in [-0.39, 0.29) is 11.6 Å². The molecule has 1 aliphatic carbocycles. The van der Waals surface area contributed by atoms with E-state index in [2.05, 4.69) is 5.32 Å². The highest BCUT2D eigenvalue weighted by Gasteiger charge is 2.25. The largest absolute Gasteiger partial charge is 0.383 e. The molecule has 1 aromatic rings. The van der Waals surface area contributed by atoms with Gasteiger partial charge in [-0.05, 0) is 48.6 Å². The summed E-state index contributed by atoms with van der Waals surface area (Å²) in [7, 11) is 1.68. The zero-order valence-electron chi connectivity index (χ0n) is 12.7. The monoisotopic (exact) mass is 297 g/mol. The van der Waals surface area contributed by atoms with Crippen LogP contribution >= 0.6 is 0 Å². The lowest BCUT2D eigenvalue weighted by molar-refractivity contribution is 0.195. The van der Waals surface area contributed by atoms with Gasteiger partial charge in [0.15, 0.2) is 0 Å². The predicted octanol–water partition coefficient (Wildman–Crippen LogP) is 3.55. The first-order valence-corrected chi connectivity index (χ1v) is 7.84. The number of methoxy groups -OCH3 is 1. The number of hydrogen-bond donors (Lipinski definition) is 1. The molecule has 1 aliphatic rings. The van der Waals surface area contributed by atoms with Crippen molar-refractivity contribution in [2.45, 2.75) is 32.1 Å². The van der Waals surface area contributed by atoms with Crippen molar-refractivity contribution >= 4 is 0 Å². The van der Waals surface area contributed by atoms with Crippen molar-refractivity contribution in [2.75, 3.05) is 26.8 Å². The Morgan fingerprint density at radius 3 is 2.76 bits per heavy atom. The van der Waals surface area contributed by atoms with Gasteiger partial charge in [-0.25, -0.2) is 8.78 Å². The molecular formula is C17H25F2NO. The average molecular weight is 297 g/mol. The molecule has 1 atom stereocenters. The summed E-state index contributed by atoms with van der Waals surface area (Å²) in [5.41, 5.74) is 0.500. The van der Waals surface area contributed by atoms with Crippen LogP contribution < -0.4 is 5.32 Å². The van der Waals surface area contributed by atoms with E-state index in [1.54, 1.807) is 7.11 Å². The lowest BCUT2D eigenvalue weighted by atomic mass is 9.85. The smallest absolute Gasteiger partial charge is 0.126 e. The van der Waals surface area contributed by atoms with E-state index in [0.29, 0.717) is 30.4 Å². The molecule has 1 unspecified atom stereocenters. The molecule has 0 saturated heterocycles. The molecule has 0 spiro atoms. The number of hydrogen-bond acceptors (Lipinski definition) is 2. The fourth-order valence-electron chi connectivity index (χ4n) is 3.28. The van der Waals surface area contributed by atoms with Gasteiger partial charge < -0.3 is 10.1 Å². The maximum atomic E-state index is 13.9. The van der Waals surface area contributed by atoms with Crippen molar-refractivity contribution in [3.63, 3.8) is 0 Å². The first-order chi connectivity index (χ1) is 10.2. The van der Waals surface area contributed by atoms with Crippen molar-refractivity contribution < 1.29 is 13.5 Å². The lowest BCUT2D eigenvalue weighted by Gasteiger charge is -2.24. The summed E-state index contributed by atoms with van der Waals surface area (Å²) in [6.45, 7) is 2.31. The normalized spacial score (nSPS) is 17.3. The van der Waals surface area contributed by atoms with Gasteiger partial charge in [-0.2, -0.15) is 0 Å². The van der Waals surface area contributed by atoms with E-state index in [1.807, 2.05) is 0 Å². The molecule has 118 valence electrons. The van der Waals surface area contributed by atoms with Crippen LogP contribution in [0, 0.1) is 23.5 Å². The highest BCUT2D eigenvalue weighted by Crippen LogP contribution is 2.33. The Kier molecular flexibility index (Phi) is 6.58. The summed E-state index contributed by atoms with van der Waals surface area (Å²) in [6, 6.07) is 3.75. The molecule has 2 nitrogen and oxygen atoms in total. The van der Waals surface area contributed by atoms with E-state index < -0.39 is 0 Å². The van der Waals surface area contributed by atoms with E-state index in [9.17, 15) is 8.78 Å². The van der Waals surface area contributed by atoms with Crippen molar-refractivity contribution in [3.8, 4) is 0 Å². The van der Waals surface area contributed by atoms with Crippen LogP contribution in [0.5, 0.6) is 0 Å². The quantitative estimate of drug-likeness (QED) is 0.741. The number of nitrogens with one attached hydrogen (secondary N) is 1. The van der Waals surface area contributed by atoms with Gasteiger partial charge in [0.1, 0.15) is 11.6 Å². The number of rotatable bonds is 8. The van der Waals surface area contributed by atoms with E-state index in [1.165, 1.54) is 43.9 Å². The predicted molar refractivity (Wildman–Crippen MR) is 80.3 cm³/mol. The molecule has 0 radical (unpaired) electrons. The molecule has 0 aromatic heterocycles. The Hall–Kier alpha value is -1.00. The van der Waals surface area contributed by atoms with Crippen LogP contribution in [-0.4, -0.2) is 26.8 Å². The zero-order chi connectivity index (χ0) is 15.1. The van der Waals surface area contributed by atoms with Crippen LogP contribution in [0.4, 0.5) is 8.78 Å². The zero-order valence-corrected chi connectivity index (χ0v) is 12.7. The summed E-state index contributed by atoms with van der Waals surface area (Å²) in [4.78, 5) is 0. The van der Waals surface area contributed by atoms with E-state index in [4.69, 9.17) is 4.74 Å². The van der Waals surface area contributed by atoms with Gasteiger partial charge in [-0.15, -0.1) is 0 Å². The minimum atomic E-state index is -0.357. The Morgan fingerprint density at radius 2 is 2.05 bits per heavy atom. The van der Waals surface area contributed by atoms with Crippen molar-refractivity contribution in [1.82, 2.24) is 5.32 Å².